The molecule has 1 aliphatic carbocycles. The van der Waals surface area contributed by atoms with E-state index in [0.29, 0.717) is 17.3 Å². The summed E-state index contributed by atoms with van der Waals surface area (Å²) < 4.78 is 3.57. The first-order valence-corrected chi connectivity index (χ1v) is 8.75. The van der Waals surface area contributed by atoms with E-state index < -0.39 is 0 Å². The number of anilines is 1. The van der Waals surface area contributed by atoms with Crippen LogP contribution in [0.15, 0.2) is 18.3 Å². The summed E-state index contributed by atoms with van der Waals surface area (Å²) in [5.41, 5.74) is 3.30. The highest BCUT2D eigenvalue weighted by Crippen LogP contribution is 2.40. The Hall–Kier alpha value is -2.70. The number of pyridine rings is 1. The molecule has 0 saturated heterocycles. The van der Waals surface area contributed by atoms with Crippen LogP contribution in [0.4, 0.5) is 5.82 Å². The molecule has 0 aliphatic heterocycles. The van der Waals surface area contributed by atoms with Crippen molar-refractivity contribution in [2.24, 2.45) is 7.05 Å². The van der Waals surface area contributed by atoms with E-state index in [0.717, 1.165) is 48.2 Å². The van der Waals surface area contributed by atoms with Gasteiger partial charge in [-0.25, -0.2) is 9.67 Å². The molecular formula is C18H22N6O. The van der Waals surface area contributed by atoms with Gasteiger partial charge in [-0.2, -0.15) is 10.2 Å². The Morgan fingerprint density at radius 3 is 2.80 bits per heavy atom. The van der Waals surface area contributed by atoms with Crippen molar-refractivity contribution in [3.05, 3.63) is 35.3 Å². The van der Waals surface area contributed by atoms with Crippen LogP contribution in [-0.4, -0.2) is 30.5 Å². The molecule has 3 aromatic rings. The summed E-state index contributed by atoms with van der Waals surface area (Å²) in [6.45, 7) is 4.81. The number of nitrogens with one attached hydrogen (secondary N) is 1. The monoisotopic (exact) mass is 338 g/mol. The first kappa shape index (κ1) is 15.8. The van der Waals surface area contributed by atoms with Crippen LogP contribution in [-0.2, 0) is 13.6 Å². The normalized spacial score (nSPS) is 14.2. The molecule has 0 aromatic carbocycles. The molecule has 1 amide bonds. The second-order valence-electron chi connectivity index (χ2n) is 6.72. The van der Waals surface area contributed by atoms with Crippen molar-refractivity contribution in [1.29, 1.82) is 0 Å². The molecular weight excluding hydrogens is 316 g/mol. The molecule has 0 spiro atoms. The number of rotatable bonds is 5. The number of fused-ring (bicyclic) bond motifs is 1. The zero-order valence-electron chi connectivity index (χ0n) is 14.8. The molecule has 25 heavy (non-hydrogen) atoms. The summed E-state index contributed by atoms with van der Waals surface area (Å²) in [7, 11) is 1.82. The van der Waals surface area contributed by atoms with Crippen molar-refractivity contribution >= 4 is 22.8 Å². The van der Waals surface area contributed by atoms with Gasteiger partial charge in [0.25, 0.3) is 5.91 Å². The van der Waals surface area contributed by atoms with Crippen LogP contribution in [0.1, 0.15) is 53.8 Å². The number of amides is 1. The van der Waals surface area contributed by atoms with Gasteiger partial charge in [0.15, 0.2) is 5.65 Å². The third-order valence-electron chi connectivity index (χ3n) is 4.55. The van der Waals surface area contributed by atoms with Gasteiger partial charge in [0.05, 0.1) is 22.8 Å². The number of hydrogen-bond donors (Lipinski definition) is 1. The highest BCUT2D eigenvalue weighted by molar-refractivity contribution is 6.11. The number of carbonyl (C=O) groups excluding carboxylic acids is 1. The third kappa shape index (κ3) is 2.90. The Balaban J connectivity index is 1.76. The second kappa shape index (κ2) is 5.98. The van der Waals surface area contributed by atoms with E-state index in [1.165, 1.54) is 0 Å². The predicted octanol–water partition coefficient (Wildman–Crippen LogP) is 3.01. The topological polar surface area (TPSA) is 77.6 Å². The minimum absolute atomic E-state index is 0.145. The highest BCUT2D eigenvalue weighted by atomic mass is 16.1. The molecule has 1 N–H and O–H groups in total. The lowest BCUT2D eigenvalue weighted by atomic mass is 10.1. The summed E-state index contributed by atoms with van der Waals surface area (Å²) >= 11 is 0. The van der Waals surface area contributed by atoms with Gasteiger partial charge in [-0.3, -0.25) is 9.48 Å². The summed E-state index contributed by atoms with van der Waals surface area (Å²) in [6, 6.07) is 3.79. The van der Waals surface area contributed by atoms with Crippen LogP contribution in [0.25, 0.3) is 11.0 Å². The highest BCUT2D eigenvalue weighted by Gasteiger charge is 2.28. The SMILES string of the molecule is CCCn1ncc2c(C(=O)Nc3cc(C)nn3C)cc(C3CC3)nc21. The van der Waals surface area contributed by atoms with E-state index in [-0.39, 0.29) is 5.91 Å². The third-order valence-corrected chi connectivity index (χ3v) is 4.55. The molecule has 1 aliphatic rings. The van der Waals surface area contributed by atoms with Crippen LogP contribution in [0, 0.1) is 6.92 Å². The lowest BCUT2D eigenvalue weighted by Crippen LogP contribution is -2.15. The number of nitrogens with zero attached hydrogens (tertiary/aromatic N) is 5. The van der Waals surface area contributed by atoms with Gasteiger partial charge >= 0.3 is 0 Å². The maximum Gasteiger partial charge on any atom is 0.257 e. The number of aromatic nitrogens is 5. The van der Waals surface area contributed by atoms with Crippen molar-refractivity contribution in [1.82, 2.24) is 24.5 Å². The minimum atomic E-state index is -0.145. The summed E-state index contributed by atoms with van der Waals surface area (Å²) in [6.07, 6.45) is 5.00. The smallest absolute Gasteiger partial charge is 0.257 e. The van der Waals surface area contributed by atoms with E-state index in [4.69, 9.17) is 4.98 Å². The summed E-state index contributed by atoms with van der Waals surface area (Å²) in [4.78, 5) is 17.7. The van der Waals surface area contributed by atoms with Gasteiger partial charge in [-0.05, 0) is 32.3 Å². The first-order chi connectivity index (χ1) is 12.1. The molecule has 0 unspecified atom stereocenters. The Bertz CT molecular complexity index is 950. The fraction of sp³-hybridized carbons (Fsp3) is 0.444. The van der Waals surface area contributed by atoms with Gasteiger partial charge in [0.1, 0.15) is 5.82 Å². The van der Waals surface area contributed by atoms with Crippen LogP contribution < -0.4 is 5.32 Å². The van der Waals surface area contributed by atoms with Crippen molar-refractivity contribution in [3.8, 4) is 0 Å². The van der Waals surface area contributed by atoms with Crippen molar-refractivity contribution in [2.75, 3.05) is 5.32 Å². The standard InChI is InChI=1S/C18H22N6O/c1-4-7-24-17-14(10-19-24)13(9-15(20-17)12-5-6-12)18(25)21-16-8-11(2)22-23(16)3/h8-10,12H,4-7H2,1-3H3,(H,21,25). The maximum absolute atomic E-state index is 12.9. The Morgan fingerprint density at radius 1 is 1.36 bits per heavy atom. The van der Waals surface area contributed by atoms with Gasteiger partial charge in [0.2, 0.25) is 0 Å². The fourth-order valence-electron chi connectivity index (χ4n) is 3.13. The Kier molecular flexibility index (Phi) is 3.78. The molecule has 3 heterocycles. The average Bonchev–Trinajstić information content (AvgIpc) is 3.28. The molecule has 1 saturated carbocycles. The van der Waals surface area contributed by atoms with E-state index in [2.05, 4.69) is 22.4 Å². The number of carbonyl (C=O) groups is 1. The molecule has 0 bridgehead atoms. The lowest BCUT2D eigenvalue weighted by molar-refractivity contribution is 0.102. The zero-order valence-corrected chi connectivity index (χ0v) is 14.8. The van der Waals surface area contributed by atoms with E-state index in [9.17, 15) is 4.79 Å². The first-order valence-electron chi connectivity index (χ1n) is 8.75. The molecule has 3 aromatic heterocycles. The lowest BCUT2D eigenvalue weighted by Gasteiger charge is -2.09. The molecule has 1 fully saturated rings. The van der Waals surface area contributed by atoms with E-state index in [1.54, 1.807) is 10.9 Å². The molecule has 130 valence electrons. The Labute approximate surface area is 146 Å². The van der Waals surface area contributed by atoms with Crippen LogP contribution >= 0.6 is 0 Å². The molecule has 7 nitrogen and oxygen atoms in total. The second-order valence-corrected chi connectivity index (χ2v) is 6.72. The maximum atomic E-state index is 12.9. The van der Waals surface area contributed by atoms with Crippen LogP contribution in [0.2, 0.25) is 0 Å². The summed E-state index contributed by atoms with van der Waals surface area (Å²) in [5, 5.41) is 12.5. The molecule has 7 heteroatoms. The van der Waals surface area contributed by atoms with Crippen LogP contribution in [0.5, 0.6) is 0 Å². The molecule has 0 radical (unpaired) electrons. The van der Waals surface area contributed by atoms with E-state index >= 15 is 0 Å². The fourth-order valence-corrected chi connectivity index (χ4v) is 3.13. The molecule has 0 atom stereocenters. The molecule has 4 rings (SSSR count). The van der Waals surface area contributed by atoms with Gasteiger partial charge in [0, 0.05) is 31.3 Å². The number of aryl methyl sites for hydroxylation is 3. The summed E-state index contributed by atoms with van der Waals surface area (Å²) in [5.74, 6) is 1.01. The Morgan fingerprint density at radius 2 is 2.16 bits per heavy atom. The average molecular weight is 338 g/mol. The predicted molar refractivity (Wildman–Crippen MR) is 95.7 cm³/mol. The van der Waals surface area contributed by atoms with Gasteiger partial charge in [-0.15, -0.1) is 0 Å². The van der Waals surface area contributed by atoms with Crippen molar-refractivity contribution in [2.45, 2.75) is 45.6 Å². The van der Waals surface area contributed by atoms with Crippen molar-refractivity contribution < 1.29 is 4.79 Å². The van der Waals surface area contributed by atoms with E-state index in [1.807, 2.05) is 30.8 Å². The van der Waals surface area contributed by atoms with Gasteiger partial charge < -0.3 is 5.32 Å². The zero-order chi connectivity index (χ0) is 17.6. The quantitative estimate of drug-likeness (QED) is 0.776. The number of hydrogen-bond acceptors (Lipinski definition) is 4. The largest absolute Gasteiger partial charge is 0.307 e. The van der Waals surface area contributed by atoms with Crippen LogP contribution in [0.3, 0.4) is 0 Å². The van der Waals surface area contributed by atoms with Gasteiger partial charge in [-0.1, -0.05) is 6.92 Å². The minimum Gasteiger partial charge on any atom is -0.307 e. The van der Waals surface area contributed by atoms with Crippen molar-refractivity contribution in [3.63, 3.8) is 0 Å².